The van der Waals surface area contributed by atoms with Crippen LogP contribution in [0.3, 0.4) is 0 Å². The summed E-state index contributed by atoms with van der Waals surface area (Å²) < 4.78 is 0. The van der Waals surface area contributed by atoms with Gasteiger partial charge in [0.05, 0.1) is 17.6 Å². The average Bonchev–Trinajstić information content (AvgIpc) is 2.45. The summed E-state index contributed by atoms with van der Waals surface area (Å²) in [6.45, 7) is 3.18. The van der Waals surface area contributed by atoms with Gasteiger partial charge in [0, 0.05) is 18.8 Å². The van der Waals surface area contributed by atoms with Gasteiger partial charge in [0.2, 0.25) is 0 Å². The molecule has 0 saturated carbocycles. The molecule has 0 radical (unpaired) electrons. The molecule has 2 N–H and O–H groups in total. The molecule has 2 amide bonds. The number of anilines is 1. The number of nitrogens with zero attached hydrogens (tertiary/aromatic N) is 2. The molecule has 0 aromatic heterocycles. The fourth-order valence-electron chi connectivity index (χ4n) is 1.51. The number of carboxylic acid groups (broad SMARTS) is 1. The van der Waals surface area contributed by atoms with E-state index in [4.69, 9.17) is 10.4 Å². The fourth-order valence-corrected chi connectivity index (χ4v) is 1.51. The summed E-state index contributed by atoms with van der Waals surface area (Å²) in [6.07, 6.45) is 0. The van der Waals surface area contributed by atoms with Crippen molar-refractivity contribution in [1.29, 1.82) is 5.26 Å². The van der Waals surface area contributed by atoms with Crippen LogP contribution in [-0.4, -0.2) is 30.2 Å². The topological polar surface area (TPSA) is 93.4 Å². The lowest BCUT2D eigenvalue weighted by Crippen LogP contribution is -2.46. The Balaban J connectivity index is 2.71. The Hall–Kier alpha value is -2.55. The highest BCUT2D eigenvalue weighted by molar-refractivity contribution is 5.91. The van der Waals surface area contributed by atoms with Crippen LogP contribution in [0.5, 0.6) is 0 Å². The van der Waals surface area contributed by atoms with Gasteiger partial charge in [0.1, 0.15) is 0 Å². The molecule has 0 spiro atoms. The number of hydrogen-bond donors (Lipinski definition) is 2. The Kier molecular flexibility index (Phi) is 5.09. The van der Waals surface area contributed by atoms with E-state index in [1.807, 2.05) is 6.07 Å². The summed E-state index contributed by atoms with van der Waals surface area (Å²) in [7, 11) is 1.58. The summed E-state index contributed by atoms with van der Waals surface area (Å²) in [4.78, 5) is 24.2. The maximum absolute atomic E-state index is 12.0. The third kappa shape index (κ3) is 3.72. The van der Waals surface area contributed by atoms with Crippen LogP contribution in [0.15, 0.2) is 24.3 Å². The molecule has 2 atom stereocenters. The summed E-state index contributed by atoms with van der Waals surface area (Å²) >= 11 is 0. The van der Waals surface area contributed by atoms with E-state index >= 15 is 0 Å². The van der Waals surface area contributed by atoms with E-state index in [0.717, 1.165) is 0 Å². The van der Waals surface area contributed by atoms with Gasteiger partial charge in [-0.2, -0.15) is 5.26 Å². The van der Waals surface area contributed by atoms with Gasteiger partial charge in [-0.05, 0) is 38.1 Å². The molecule has 2 unspecified atom stereocenters. The van der Waals surface area contributed by atoms with Crippen molar-refractivity contribution >= 4 is 17.7 Å². The summed E-state index contributed by atoms with van der Waals surface area (Å²) in [5.74, 6) is -1.63. The van der Waals surface area contributed by atoms with Gasteiger partial charge in [0.25, 0.3) is 0 Å². The minimum atomic E-state index is -0.959. The predicted octanol–water partition coefficient (Wildman–Crippen LogP) is 1.81. The number of amides is 2. The van der Waals surface area contributed by atoms with Crippen LogP contribution in [0.2, 0.25) is 0 Å². The van der Waals surface area contributed by atoms with Crippen molar-refractivity contribution in [2.45, 2.75) is 19.9 Å². The van der Waals surface area contributed by atoms with Crippen molar-refractivity contribution < 1.29 is 14.7 Å². The molecular formula is C14H17N3O3. The Morgan fingerprint density at radius 1 is 1.30 bits per heavy atom. The van der Waals surface area contributed by atoms with Crippen molar-refractivity contribution in [2.24, 2.45) is 5.92 Å². The molecule has 0 saturated heterocycles. The second kappa shape index (κ2) is 6.57. The number of aliphatic carboxylic acids is 1. The van der Waals surface area contributed by atoms with Gasteiger partial charge < -0.3 is 10.4 Å². The molecule has 20 heavy (non-hydrogen) atoms. The average molecular weight is 275 g/mol. The largest absolute Gasteiger partial charge is 0.481 e. The van der Waals surface area contributed by atoms with Crippen LogP contribution in [-0.2, 0) is 4.79 Å². The first kappa shape index (κ1) is 15.5. The molecule has 0 bridgehead atoms. The first-order valence-electron chi connectivity index (χ1n) is 6.14. The molecule has 0 heterocycles. The lowest BCUT2D eigenvalue weighted by atomic mass is 10.0. The first-order chi connectivity index (χ1) is 9.36. The molecule has 0 aliphatic rings. The van der Waals surface area contributed by atoms with Crippen LogP contribution in [0, 0.1) is 17.2 Å². The van der Waals surface area contributed by atoms with Crippen LogP contribution in [0.4, 0.5) is 10.5 Å². The first-order valence-corrected chi connectivity index (χ1v) is 6.14. The maximum atomic E-state index is 12.0. The highest BCUT2D eigenvalue weighted by atomic mass is 16.4. The van der Waals surface area contributed by atoms with E-state index in [0.29, 0.717) is 11.3 Å². The lowest BCUT2D eigenvalue weighted by molar-refractivity contribution is -0.141. The Morgan fingerprint density at radius 2 is 1.85 bits per heavy atom. The number of carboxylic acids is 1. The minimum Gasteiger partial charge on any atom is -0.481 e. The molecular weight excluding hydrogens is 258 g/mol. The molecule has 6 heteroatoms. The molecule has 0 aliphatic carbocycles. The quantitative estimate of drug-likeness (QED) is 0.876. The second-order valence-corrected chi connectivity index (χ2v) is 4.58. The van der Waals surface area contributed by atoms with E-state index in [1.165, 1.54) is 11.8 Å². The van der Waals surface area contributed by atoms with Gasteiger partial charge in [-0.15, -0.1) is 0 Å². The van der Waals surface area contributed by atoms with Crippen molar-refractivity contribution in [2.75, 3.05) is 11.9 Å². The van der Waals surface area contributed by atoms with Crippen molar-refractivity contribution in [3.63, 3.8) is 0 Å². The Morgan fingerprint density at radius 3 is 2.30 bits per heavy atom. The van der Waals surface area contributed by atoms with Gasteiger partial charge in [-0.1, -0.05) is 0 Å². The van der Waals surface area contributed by atoms with E-state index in [-0.39, 0.29) is 0 Å². The van der Waals surface area contributed by atoms with E-state index in [2.05, 4.69) is 5.32 Å². The van der Waals surface area contributed by atoms with Crippen molar-refractivity contribution in [3.05, 3.63) is 29.8 Å². The van der Waals surface area contributed by atoms with Crippen LogP contribution >= 0.6 is 0 Å². The number of rotatable bonds is 4. The predicted molar refractivity (Wildman–Crippen MR) is 74.4 cm³/mol. The third-order valence-electron chi connectivity index (χ3n) is 3.18. The smallest absolute Gasteiger partial charge is 0.321 e. The fraction of sp³-hybridized carbons (Fsp3) is 0.357. The van der Waals surface area contributed by atoms with Crippen molar-refractivity contribution in [3.8, 4) is 6.07 Å². The molecule has 6 nitrogen and oxygen atoms in total. The maximum Gasteiger partial charge on any atom is 0.321 e. The highest BCUT2D eigenvalue weighted by Gasteiger charge is 2.22. The summed E-state index contributed by atoms with van der Waals surface area (Å²) in [5, 5.41) is 20.2. The zero-order valence-electron chi connectivity index (χ0n) is 11.6. The van der Waals surface area contributed by atoms with Crippen molar-refractivity contribution in [1.82, 2.24) is 5.32 Å². The molecule has 0 fully saturated rings. The molecule has 1 aromatic carbocycles. The van der Waals surface area contributed by atoms with Gasteiger partial charge in [0.15, 0.2) is 0 Å². The Bertz CT molecular complexity index is 534. The zero-order valence-corrected chi connectivity index (χ0v) is 11.6. The number of carbonyl (C=O) groups is 2. The molecule has 106 valence electrons. The number of nitrogens with one attached hydrogen (secondary N) is 1. The highest BCUT2D eigenvalue weighted by Crippen LogP contribution is 2.14. The van der Waals surface area contributed by atoms with Crippen LogP contribution in [0.25, 0.3) is 0 Å². The monoisotopic (exact) mass is 275 g/mol. The second-order valence-electron chi connectivity index (χ2n) is 4.58. The van der Waals surface area contributed by atoms with Gasteiger partial charge in [-0.3, -0.25) is 9.69 Å². The number of carbonyl (C=O) groups excluding carboxylic acids is 1. The number of benzene rings is 1. The van der Waals surface area contributed by atoms with Gasteiger partial charge in [-0.25, -0.2) is 4.79 Å². The standard InChI is InChI=1S/C14H17N3O3/c1-9(13(18)19)10(2)16-14(20)17(3)12-6-4-11(8-15)5-7-12/h4-7,9-10H,1-3H3,(H,16,20)(H,18,19). The third-order valence-corrected chi connectivity index (χ3v) is 3.18. The van der Waals surface area contributed by atoms with E-state index in [9.17, 15) is 9.59 Å². The van der Waals surface area contributed by atoms with E-state index < -0.39 is 24.0 Å². The Labute approximate surface area is 117 Å². The van der Waals surface area contributed by atoms with Gasteiger partial charge >= 0.3 is 12.0 Å². The molecule has 1 rings (SSSR count). The lowest BCUT2D eigenvalue weighted by Gasteiger charge is -2.23. The van der Waals surface area contributed by atoms with Crippen LogP contribution < -0.4 is 10.2 Å². The number of urea groups is 1. The summed E-state index contributed by atoms with van der Waals surface area (Å²) in [5.41, 5.74) is 1.13. The molecule has 0 aliphatic heterocycles. The minimum absolute atomic E-state index is 0.393. The number of nitriles is 1. The number of hydrogen-bond acceptors (Lipinski definition) is 3. The normalized spacial score (nSPS) is 12.9. The van der Waals surface area contributed by atoms with Crippen LogP contribution in [0.1, 0.15) is 19.4 Å². The summed E-state index contributed by atoms with van der Waals surface area (Å²) in [6, 6.07) is 7.66. The zero-order chi connectivity index (χ0) is 15.3. The SMILES string of the molecule is CC(NC(=O)N(C)c1ccc(C#N)cc1)C(C)C(=O)O. The van der Waals surface area contributed by atoms with E-state index in [1.54, 1.807) is 38.2 Å². The molecule has 1 aromatic rings.